The van der Waals surface area contributed by atoms with Crippen molar-refractivity contribution in [2.24, 2.45) is 5.92 Å². The van der Waals surface area contributed by atoms with Gasteiger partial charge in [-0.3, -0.25) is 4.79 Å². The highest BCUT2D eigenvalue weighted by molar-refractivity contribution is 5.80. The first-order chi connectivity index (χ1) is 9.31. The minimum absolute atomic E-state index is 0.237. The van der Waals surface area contributed by atoms with Gasteiger partial charge in [0.1, 0.15) is 11.6 Å². The van der Waals surface area contributed by atoms with Crippen LogP contribution in [0.2, 0.25) is 0 Å². The van der Waals surface area contributed by atoms with Gasteiger partial charge in [0.05, 0.1) is 6.10 Å². The Hall–Kier alpha value is -1.62. The van der Waals surface area contributed by atoms with E-state index in [0.717, 1.165) is 0 Å². The molecule has 112 valence electrons. The molecular weight excluding hydrogens is 261 g/mol. The highest BCUT2D eigenvalue weighted by Crippen LogP contribution is 2.26. The minimum atomic E-state index is -0.869. The van der Waals surface area contributed by atoms with Crippen LogP contribution in [0.3, 0.4) is 0 Å². The molecule has 0 saturated carbocycles. The molecule has 5 heteroatoms. The Morgan fingerprint density at radius 3 is 2.55 bits per heavy atom. The summed E-state index contributed by atoms with van der Waals surface area (Å²) in [5.41, 5.74) is 0.327. The first-order valence-electron chi connectivity index (χ1n) is 6.73. The summed E-state index contributed by atoms with van der Waals surface area (Å²) in [6, 6.07) is 3.86. The molecule has 0 spiro atoms. The number of aliphatic hydroxyl groups is 1. The maximum atomic E-state index is 13.2. The predicted molar refractivity (Wildman–Crippen MR) is 75.0 cm³/mol. The molecule has 1 aromatic carbocycles. The van der Waals surface area contributed by atoms with Crippen molar-refractivity contribution >= 4 is 5.91 Å². The Morgan fingerprint density at radius 2 is 2.00 bits per heavy atom. The number of hydrogen-bond acceptors (Lipinski definition) is 3. The second-order valence-corrected chi connectivity index (χ2v) is 5.26. The summed E-state index contributed by atoms with van der Waals surface area (Å²) in [5, 5.41) is 12.4. The molecule has 2 N–H and O–H groups in total. The van der Waals surface area contributed by atoms with Crippen molar-refractivity contribution in [3.05, 3.63) is 29.6 Å². The molecule has 0 heterocycles. The van der Waals surface area contributed by atoms with Gasteiger partial charge in [0.15, 0.2) is 6.10 Å². The van der Waals surface area contributed by atoms with Gasteiger partial charge >= 0.3 is 0 Å². The van der Waals surface area contributed by atoms with Gasteiger partial charge in [-0.15, -0.1) is 0 Å². The Morgan fingerprint density at radius 1 is 1.35 bits per heavy atom. The molecule has 20 heavy (non-hydrogen) atoms. The van der Waals surface area contributed by atoms with Crippen LogP contribution in [0.5, 0.6) is 5.75 Å². The Balaban J connectivity index is 2.75. The third-order valence-corrected chi connectivity index (χ3v) is 2.78. The first-order valence-corrected chi connectivity index (χ1v) is 6.73. The quantitative estimate of drug-likeness (QED) is 0.843. The molecule has 0 saturated heterocycles. The first kappa shape index (κ1) is 16.4. The summed E-state index contributed by atoms with van der Waals surface area (Å²) < 4.78 is 18.7. The van der Waals surface area contributed by atoms with E-state index >= 15 is 0 Å². The van der Waals surface area contributed by atoms with Crippen molar-refractivity contribution in [1.29, 1.82) is 0 Å². The lowest BCUT2D eigenvalue weighted by Crippen LogP contribution is -2.38. The van der Waals surface area contributed by atoms with Gasteiger partial charge in [0.25, 0.3) is 5.91 Å². The van der Waals surface area contributed by atoms with Crippen LogP contribution in [0, 0.1) is 11.7 Å². The number of carbonyl (C=O) groups excluding carboxylic acids is 1. The van der Waals surface area contributed by atoms with E-state index < -0.39 is 18.0 Å². The smallest absolute Gasteiger partial charge is 0.260 e. The number of amides is 1. The van der Waals surface area contributed by atoms with Gasteiger partial charge < -0.3 is 15.2 Å². The highest BCUT2D eigenvalue weighted by Gasteiger charge is 2.18. The maximum Gasteiger partial charge on any atom is 0.260 e. The second kappa shape index (κ2) is 7.24. The van der Waals surface area contributed by atoms with Crippen LogP contribution in [-0.4, -0.2) is 23.7 Å². The molecule has 0 aliphatic heterocycles. The maximum absolute atomic E-state index is 13.2. The number of hydrogen-bond donors (Lipinski definition) is 2. The van der Waals surface area contributed by atoms with E-state index in [9.17, 15) is 14.3 Å². The molecule has 2 atom stereocenters. The van der Waals surface area contributed by atoms with Crippen LogP contribution in [-0.2, 0) is 4.79 Å². The van der Waals surface area contributed by atoms with Crippen molar-refractivity contribution in [1.82, 2.24) is 5.32 Å². The number of carbonyl (C=O) groups is 1. The molecule has 1 unspecified atom stereocenters. The zero-order chi connectivity index (χ0) is 15.3. The number of ether oxygens (including phenoxy) is 1. The monoisotopic (exact) mass is 283 g/mol. The Kier molecular flexibility index (Phi) is 5.95. The van der Waals surface area contributed by atoms with Gasteiger partial charge in [-0.05, 0) is 38.0 Å². The number of benzene rings is 1. The van der Waals surface area contributed by atoms with Gasteiger partial charge in [-0.1, -0.05) is 13.8 Å². The van der Waals surface area contributed by atoms with Crippen LogP contribution in [0.25, 0.3) is 0 Å². The van der Waals surface area contributed by atoms with E-state index in [2.05, 4.69) is 5.32 Å². The lowest BCUT2D eigenvalue weighted by molar-refractivity contribution is -0.127. The van der Waals surface area contributed by atoms with Gasteiger partial charge in [0, 0.05) is 12.1 Å². The fourth-order valence-corrected chi connectivity index (χ4v) is 1.65. The highest BCUT2D eigenvalue weighted by atomic mass is 19.1. The van der Waals surface area contributed by atoms with Gasteiger partial charge in [-0.25, -0.2) is 4.39 Å². The van der Waals surface area contributed by atoms with Crippen LogP contribution in [0.4, 0.5) is 4.39 Å². The molecule has 0 radical (unpaired) electrons. The fourth-order valence-electron chi connectivity index (χ4n) is 1.65. The van der Waals surface area contributed by atoms with Gasteiger partial charge in [0.2, 0.25) is 0 Å². The third kappa shape index (κ3) is 4.81. The van der Waals surface area contributed by atoms with E-state index in [1.54, 1.807) is 6.92 Å². The molecule has 0 aliphatic carbocycles. The largest absolute Gasteiger partial charge is 0.481 e. The van der Waals surface area contributed by atoms with Crippen molar-refractivity contribution in [2.45, 2.75) is 39.9 Å². The average molecular weight is 283 g/mol. The molecule has 1 rings (SSSR count). The summed E-state index contributed by atoms with van der Waals surface area (Å²) in [4.78, 5) is 11.8. The lowest BCUT2D eigenvalue weighted by atomic mass is 10.1. The van der Waals surface area contributed by atoms with Crippen LogP contribution >= 0.6 is 0 Å². The molecule has 1 aromatic rings. The number of rotatable bonds is 6. The number of nitrogens with one attached hydrogen (secondary N) is 1. The molecule has 0 aromatic heterocycles. The molecule has 4 nitrogen and oxygen atoms in total. The van der Waals surface area contributed by atoms with Crippen molar-refractivity contribution < 1.29 is 19.0 Å². The van der Waals surface area contributed by atoms with Crippen molar-refractivity contribution in [3.8, 4) is 5.75 Å². The summed E-state index contributed by atoms with van der Waals surface area (Å²) in [5.74, 6) is -0.0247. The van der Waals surface area contributed by atoms with E-state index in [1.165, 1.54) is 25.1 Å². The summed E-state index contributed by atoms with van der Waals surface area (Å²) in [6.07, 6.45) is -1.58. The van der Waals surface area contributed by atoms with E-state index in [4.69, 9.17) is 4.74 Å². The SMILES string of the molecule is CC(C)CNC(=O)C(C)Oc1ccc(F)cc1[C@H](C)O. The van der Waals surface area contributed by atoms with Crippen molar-refractivity contribution in [2.75, 3.05) is 6.54 Å². The second-order valence-electron chi connectivity index (χ2n) is 5.26. The summed E-state index contributed by atoms with van der Waals surface area (Å²) in [6.45, 7) is 7.70. The molecule has 0 bridgehead atoms. The van der Waals surface area contributed by atoms with Gasteiger partial charge in [-0.2, -0.15) is 0 Å². The third-order valence-electron chi connectivity index (χ3n) is 2.78. The standard InChI is InChI=1S/C15H22FNO3/c1-9(2)8-17-15(19)11(4)20-14-6-5-12(16)7-13(14)10(3)18/h5-7,9-11,18H,8H2,1-4H3,(H,17,19)/t10-,11?/m0/s1. The number of halogens is 1. The van der Waals surface area contributed by atoms with Crippen LogP contribution < -0.4 is 10.1 Å². The minimum Gasteiger partial charge on any atom is -0.481 e. The van der Waals surface area contributed by atoms with E-state index in [0.29, 0.717) is 23.8 Å². The van der Waals surface area contributed by atoms with E-state index in [-0.39, 0.29) is 5.91 Å². The normalized spacial score (nSPS) is 13.9. The zero-order valence-electron chi connectivity index (χ0n) is 12.3. The molecule has 0 aliphatic rings. The topological polar surface area (TPSA) is 58.6 Å². The molecule has 1 amide bonds. The predicted octanol–water partition coefficient (Wildman–Crippen LogP) is 2.42. The lowest BCUT2D eigenvalue weighted by Gasteiger charge is -2.19. The summed E-state index contributed by atoms with van der Waals surface area (Å²) >= 11 is 0. The Bertz CT molecular complexity index is 460. The van der Waals surface area contributed by atoms with Crippen molar-refractivity contribution in [3.63, 3.8) is 0 Å². The zero-order valence-corrected chi connectivity index (χ0v) is 12.3. The van der Waals surface area contributed by atoms with Crippen LogP contribution in [0.1, 0.15) is 39.4 Å². The van der Waals surface area contributed by atoms with E-state index in [1.807, 2.05) is 13.8 Å². The molecular formula is C15H22FNO3. The fraction of sp³-hybridized carbons (Fsp3) is 0.533. The Labute approximate surface area is 119 Å². The number of aliphatic hydroxyl groups excluding tert-OH is 1. The van der Waals surface area contributed by atoms with Crippen LogP contribution in [0.15, 0.2) is 18.2 Å². The average Bonchev–Trinajstić information content (AvgIpc) is 2.37. The summed E-state index contributed by atoms with van der Waals surface area (Å²) in [7, 11) is 0. The molecule has 0 fully saturated rings.